The highest BCUT2D eigenvalue weighted by Crippen LogP contribution is 2.24. The molecule has 0 saturated carbocycles. The number of aliphatic hydroxyl groups is 8. The lowest BCUT2D eigenvalue weighted by Crippen LogP contribution is -2.61. The van der Waals surface area contributed by atoms with Gasteiger partial charge in [0.15, 0.2) is 12.6 Å². The molecule has 2 aliphatic rings. The third-order valence-electron chi connectivity index (χ3n) is 3.96. The molecule has 0 amide bonds. The molecule has 11 heteroatoms. The zero-order valence-corrected chi connectivity index (χ0v) is 12.0. The number of aliphatic hydroxyl groups excluding tert-OH is 8. The Hall–Kier alpha value is -0.440. The molecule has 0 aliphatic carbocycles. The summed E-state index contributed by atoms with van der Waals surface area (Å²) >= 11 is 0. The smallest absolute Gasteiger partial charge is 0.186 e. The summed E-state index contributed by atoms with van der Waals surface area (Å²) in [6, 6.07) is 0. The van der Waals surface area contributed by atoms with E-state index >= 15 is 0 Å². The molecule has 0 aromatic carbocycles. The molecule has 0 unspecified atom stereocenters. The standard InChI is InChI=1S/C12H22O11/c13-1-3-5(14)8(17)10(19)12(23-3)21-2-4-6(15)7(16)9(18)11(20)22-4/h3-20H,1-2H2/t3-,4+,5-,6-,7-,8-,9+,10+,11-,12+/m1/s1. The van der Waals surface area contributed by atoms with E-state index in [0.717, 1.165) is 0 Å². The zero-order valence-electron chi connectivity index (χ0n) is 12.0. The van der Waals surface area contributed by atoms with Gasteiger partial charge in [-0.15, -0.1) is 0 Å². The van der Waals surface area contributed by atoms with Crippen LogP contribution in [0.25, 0.3) is 0 Å². The summed E-state index contributed by atoms with van der Waals surface area (Å²) in [5.74, 6) is 0. The van der Waals surface area contributed by atoms with Crippen molar-refractivity contribution in [2.45, 2.75) is 61.4 Å². The summed E-state index contributed by atoms with van der Waals surface area (Å²) in [6.45, 7) is -1.10. The third-order valence-corrected chi connectivity index (χ3v) is 3.96. The topological polar surface area (TPSA) is 190 Å². The van der Waals surface area contributed by atoms with Crippen LogP contribution in [0.1, 0.15) is 0 Å². The molecule has 23 heavy (non-hydrogen) atoms. The number of rotatable bonds is 4. The molecule has 8 N–H and O–H groups in total. The Morgan fingerprint density at radius 2 is 1.22 bits per heavy atom. The summed E-state index contributed by atoms with van der Waals surface area (Å²) in [5.41, 5.74) is 0. The molecule has 0 aromatic rings. The molecule has 10 atom stereocenters. The van der Waals surface area contributed by atoms with Gasteiger partial charge in [0.1, 0.15) is 48.8 Å². The highest BCUT2D eigenvalue weighted by molar-refractivity contribution is 4.91. The van der Waals surface area contributed by atoms with Crippen LogP contribution in [0.3, 0.4) is 0 Å². The van der Waals surface area contributed by atoms with Crippen LogP contribution in [0.4, 0.5) is 0 Å². The quantitative estimate of drug-likeness (QED) is 0.243. The maximum atomic E-state index is 9.78. The van der Waals surface area contributed by atoms with Crippen LogP contribution >= 0.6 is 0 Å². The SMILES string of the molecule is OC[C@H]1O[C@H](OC[C@@H]2O[C@@H](O)[C@@H](O)[C@H](O)[C@@H]2O)[C@@H](O)[C@H](O)[C@@H]1O. The Kier molecular flexibility index (Phi) is 6.27. The Balaban J connectivity index is 1.94. The minimum absolute atomic E-state index is 0.468. The van der Waals surface area contributed by atoms with Crippen LogP contribution in [-0.2, 0) is 14.2 Å². The van der Waals surface area contributed by atoms with Crippen LogP contribution in [0.15, 0.2) is 0 Å². The van der Waals surface area contributed by atoms with Gasteiger partial charge in [0.25, 0.3) is 0 Å². The molecule has 136 valence electrons. The van der Waals surface area contributed by atoms with E-state index in [1.54, 1.807) is 0 Å². The first-order chi connectivity index (χ1) is 10.8. The lowest BCUT2D eigenvalue weighted by Gasteiger charge is -2.41. The summed E-state index contributed by atoms with van der Waals surface area (Å²) in [7, 11) is 0. The zero-order chi connectivity index (χ0) is 17.3. The van der Waals surface area contributed by atoms with Crippen molar-refractivity contribution in [3.05, 3.63) is 0 Å². The Labute approximate surface area is 130 Å². The average Bonchev–Trinajstić information content (AvgIpc) is 2.54. The van der Waals surface area contributed by atoms with Crippen molar-refractivity contribution in [2.75, 3.05) is 13.2 Å². The number of ether oxygens (including phenoxy) is 3. The van der Waals surface area contributed by atoms with Gasteiger partial charge >= 0.3 is 0 Å². The maximum absolute atomic E-state index is 9.78. The Bertz CT molecular complexity index is 380. The second-order valence-electron chi connectivity index (χ2n) is 5.57. The van der Waals surface area contributed by atoms with Crippen molar-refractivity contribution < 1.29 is 55.1 Å². The van der Waals surface area contributed by atoms with Gasteiger partial charge in [0, 0.05) is 0 Å². The van der Waals surface area contributed by atoms with E-state index in [1.807, 2.05) is 0 Å². The monoisotopic (exact) mass is 342 g/mol. The Morgan fingerprint density at radius 3 is 1.83 bits per heavy atom. The highest BCUT2D eigenvalue weighted by atomic mass is 16.7. The molecule has 2 heterocycles. The van der Waals surface area contributed by atoms with Gasteiger partial charge in [-0.1, -0.05) is 0 Å². The van der Waals surface area contributed by atoms with E-state index in [1.165, 1.54) is 0 Å². The molecule has 11 nitrogen and oxygen atoms in total. The summed E-state index contributed by atoms with van der Waals surface area (Å²) < 4.78 is 15.1. The van der Waals surface area contributed by atoms with Gasteiger partial charge in [-0.2, -0.15) is 0 Å². The molecule has 0 spiro atoms. The fourth-order valence-electron chi connectivity index (χ4n) is 2.46. The maximum Gasteiger partial charge on any atom is 0.186 e. The molecule has 0 bridgehead atoms. The summed E-state index contributed by atoms with van der Waals surface area (Å²) in [5, 5.41) is 76.1. The van der Waals surface area contributed by atoms with E-state index in [2.05, 4.69) is 0 Å². The first-order valence-electron chi connectivity index (χ1n) is 7.07. The normalized spacial score (nSPS) is 51.7. The molecule has 2 rings (SSSR count). The lowest BCUT2D eigenvalue weighted by atomic mass is 9.98. The van der Waals surface area contributed by atoms with E-state index in [4.69, 9.17) is 19.3 Å². The van der Waals surface area contributed by atoms with Gasteiger partial charge in [-0.3, -0.25) is 0 Å². The first kappa shape index (κ1) is 18.9. The number of hydrogen-bond donors (Lipinski definition) is 8. The van der Waals surface area contributed by atoms with Gasteiger partial charge in [0.2, 0.25) is 0 Å². The minimum atomic E-state index is -1.74. The average molecular weight is 342 g/mol. The van der Waals surface area contributed by atoms with E-state index < -0.39 is 74.6 Å². The molecule has 0 radical (unpaired) electrons. The Morgan fingerprint density at radius 1 is 0.652 bits per heavy atom. The van der Waals surface area contributed by atoms with E-state index in [0.29, 0.717) is 0 Å². The van der Waals surface area contributed by atoms with Crippen LogP contribution in [0.5, 0.6) is 0 Å². The van der Waals surface area contributed by atoms with Crippen molar-refractivity contribution in [1.29, 1.82) is 0 Å². The van der Waals surface area contributed by atoms with Gasteiger partial charge < -0.3 is 55.1 Å². The van der Waals surface area contributed by atoms with E-state index in [-0.39, 0.29) is 0 Å². The molecular weight excluding hydrogens is 320 g/mol. The first-order valence-corrected chi connectivity index (χ1v) is 7.07. The summed E-state index contributed by atoms with van der Waals surface area (Å²) in [6.07, 6.45) is -15.3. The minimum Gasteiger partial charge on any atom is -0.394 e. The molecular formula is C12H22O11. The second-order valence-corrected chi connectivity index (χ2v) is 5.57. The van der Waals surface area contributed by atoms with Crippen molar-refractivity contribution in [2.24, 2.45) is 0 Å². The summed E-state index contributed by atoms with van der Waals surface area (Å²) in [4.78, 5) is 0. The fraction of sp³-hybridized carbons (Fsp3) is 1.00. The molecule has 2 saturated heterocycles. The van der Waals surface area contributed by atoms with Crippen LogP contribution in [-0.4, -0.2) is 115 Å². The van der Waals surface area contributed by atoms with Gasteiger partial charge in [-0.25, -0.2) is 0 Å². The van der Waals surface area contributed by atoms with Crippen LogP contribution < -0.4 is 0 Å². The van der Waals surface area contributed by atoms with Crippen molar-refractivity contribution in [3.63, 3.8) is 0 Å². The third kappa shape index (κ3) is 3.81. The second kappa shape index (κ2) is 7.63. The fourth-order valence-corrected chi connectivity index (χ4v) is 2.46. The predicted octanol–water partition coefficient (Wildman–Crippen LogP) is -5.40. The van der Waals surface area contributed by atoms with Crippen LogP contribution in [0, 0.1) is 0 Å². The van der Waals surface area contributed by atoms with Crippen molar-refractivity contribution in [1.82, 2.24) is 0 Å². The van der Waals surface area contributed by atoms with Crippen LogP contribution in [0.2, 0.25) is 0 Å². The predicted molar refractivity (Wildman–Crippen MR) is 68.6 cm³/mol. The lowest BCUT2D eigenvalue weighted by molar-refractivity contribution is -0.325. The molecule has 2 aliphatic heterocycles. The number of hydrogen-bond acceptors (Lipinski definition) is 11. The van der Waals surface area contributed by atoms with E-state index in [9.17, 15) is 35.7 Å². The van der Waals surface area contributed by atoms with Crippen molar-refractivity contribution >= 4 is 0 Å². The molecule has 0 aromatic heterocycles. The highest BCUT2D eigenvalue weighted by Gasteiger charge is 2.46. The molecule has 2 fully saturated rings. The van der Waals surface area contributed by atoms with Crippen molar-refractivity contribution in [3.8, 4) is 0 Å². The van der Waals surface area contributed by atoms with Gasteiger partial charge in [-0.05, 0) is 0 Å². The largest absolute Gasteiger partial charge is 0.394 e. The van der Waals surface area contributed by atoms with Gasteiger partial charge in [0.05, 0.1) is 13.2 Å².